The number of anilines is 2. The van der Waals surface area contributed by atoms with Gasteiger partial charge in [-0.25, -0.2) is 4.79 Å². The fourth-order valence-corrected chi connectivity index (χ4v) is 2.54. The van der Waals surface area contributed by atoms with E-state index < -0.39 is 32.3 Å². The molecule has 1 aromatic carbocycles. The third-order valence-electron chi connectivity index (χ3n) is 2.42. The Labute approximate surface area is 138 Å². The fraction of sp³-hybridized carbons (Fsp3) is 0. The molecule has 0 spiro atoms. The van der Waals surface area contributed by atoms with E-state index in [1.807, 2.05) is 0 Å². The topological polar surface area (TPSA) is 163 Å². The first-order valence-corrected chi connectivity index (χ1v) is 7.69. The number of aromatic hydroxyl groups is 1. The van der Waals surface area contributed by atoms with Crippen molar-refractivity contribution in [3.8, 4) is 5.75 Å². The van der Waals surface area contributed by atoms with Crippen molar-refractivity contribution in [3.05, 3.63) is 28.3 Å². The van der Waals surface area contributed by atoms with Crippen molar-refractivity contribution >= 4 is 50.9 Å². The molecule has 0 unspecified atom stereocenters. The van der Waals surface area contributed by atoms with Gasteiger partial charge in [-0.05, 0) is 35.3 Å². The van der Waals surface area contributed by atoms with Crippen LogP contribution in [0.3, 0.4) is 0 Å². The number of aromatic carboxylic acids is 1. The number of rotatable bonds is 4. The van der Waals surface area contributed by atoms with E-state index >= 15 is 0 Å². The van der Waals surface area contributed by atoms with E-state index in [-0.39, 0.29) is 22.2 Å². The van der Waals surface area contributed by atoms with Crippen LogP contribution in [0.15, 0.2) is 17.0 Å². The maximum Gasteiger partial charge on any atom is 0.339 e. The number of carboxylic acids is 1. The van der Waals surface area contributed by atoms with E-state index in [9.17, 15) is 18.3 Å². The van der Waals surface area contributed by atoms with Crippen molar-refractivity contribution in [2.75, 3.05) is 5.32 Å². The van der Waals surface area contributed by atoms with Crippen molar-refractivity contribution in [2.24, 2.45) is 0 Å². The van der Waals surface area contributed by atoms with Crippen LogP contribution in [0.1, 0.15) is 10.4 Å². The van der Waals surface area contributed by atoms with Crippen LogP contribution in [0.4, 0.5) is 11.6 Å². The molecule has 10 nitrogen and oxygen atoms in total. The van der Waals surface area contributed by atoms with Crippen LogP contribution in [-0.2, 0) is 10.1 Å². The third kappa shape index (κ3) is 3.96. The molecule has 0 saturated heterocycles. The van der Waals surface area contributed by atoms with Crippen LogP contribution < -0.4 is 5.32 Å². The maximum absolute atomic E-state index is 11.2. The van der Waals surface area contributed by atoms with Gasteiger partial charge in [-0.1, -0.05) is 0 Å². The smallest absolute Gasteiger partial charge is 0.339 e. The van der Waals surface area contributed by atoms with Crippen molar-refractivity contribution in [1.82, 2.24) is 15.0 Å². The highest BCUT2D eigenvalue weighted by Gasteiger charge is 2.23. The summed E-state index contributed by atoms with van der Waals surface area (Å²) in [5.41, 5.74) is -0.931. The summed E-state index contributed by atoms with van der Waals surface area (Å²) in [6.45, 7) is 0. The van der Waals surface area contributed by atoms with Crippen molar-refractivity contribution in [3.63, 3.8) is 0 Å². The highest BCUT2D eigenvalue weighted by molar-refractivity contribution is 7.86. The molecule has 0 amide bonds. The SMILES string of the molecule is O=C(O)c1cc(Nc2nc(Cl)nc(Cl)n2)cc(S(=O)(=O)O)c1O. The summed E-state index contributed by atoms with van der Waals surface area (Å²) in [6, 6.07) is 1.68. The Morgan fingerprint density at radius 1 is 1.13 bits per heavy atom. The van der Waals surface area contributed by atoms with Crippen LogP contribution in [0.2, 0.25) is 10.6 Å². The Kier molecular flexibility index (Phi) is 4.56. The number of carbonyl (C=O) groups is 1. The zero-order valence-electron chi connectivity index (χ0n) is 10.7. The first-order valence-electron chi connectivity index (χ1n) is 5.50. The zero-order chi connectivity index (χ0) is 17.4. The molecule has 1 aromatic heterocycles. The summed E-state index contributed by atoms with van der Waals surface area (Å²) in [6.07, 6.45) is 0. The number of phenols is 1. The quantitative estimate of drug-likeness (QED) is 0.452. The number of nitrogens with one attached hydrogen (secondary N) is 1. The van der Waals surface area contributed by atoms with Gasteiger partial charge in [-0.15, -0.1) is 0 Å². The molecule has 23 heavy (non-hydrogen) atoms. The van der Waals surface area contributed by atoms with Gasteiger partial charge < -0.3 is 15.5 Å². The van der Waals surface area contributed by atoms with Crippen molar-refractivity contribution in [1.29, 1.82) is 0 Å². The van der Waals surface area contributed by atoms with Gasteiger partial charge in [0.25, 0.3) is 10.1 Å². The highest BCUT2D eigenvalue weighted by atomic mass is 35.5. The van der Waals surface area contributed by atoms with Crippen LogP contribution in [0.25, 0.3) is 0 Å². The number of aromatic nitrogens is 3. The minimum Gasteiger partial charge on any atom is -0.506 e. The fourth-order valence-electron chi connectivity index (χ4n) is 1.55. The summed E-state index contributed by atoms with van der Waals surface area (Å²) in [7, 11) is -4.88. The maximum atomic E-state index is 11.2. The van der Waals surface area contributed by atoms with E-state index in [2.05, 4.69) is 20.3 Å². The predicted molar refractivity (Wildman–Crippen MR) is 78.0 cm³/mol. The molecule has 0 fully saturated rings. The Morgan fingerprint density at radius 2 is 1.70 bits per heavy atom. The largest absolute Gasteiger partial charge is 0.506 e. The summed E-state index contributed by atoms with van der Waals surface area (Å²) in [5.74, 6) is -2.95. The molecular formula is C10H6Cl2N4O6S. The summed E-state index contributed by atoms with van der Waals surface area (Å²) in [5, 5.41) is 20.5. The van der Waals surface area contributed by atoms with Gasteiger partial charge in [0.1, 0.15) is 10.5 Å². The first-order chi connectivity index (χ1) is 10.6. The van der Waals surface area contributed by atoms with Crippen LogP contribution in [-0.4, -0.2) is 44.1 Å². The molecule has 4 N–H and O–H groups in total. The van der Waals surface area contributed by atoms with Gasteiger partial charge in [0.05, 0.1) is 0 Å². The molecule has 1 heterocycles. The summed E-state index contributed by atoms with van der Waals surface area (Å²) in [4.78, 5) is 20.8. The van der Waals surface area contributed by atoms with Gasteiger partial charge in [0.15, 0.2) is 5.75 Å². The number of benzene rings is 1. The zero-order valence-corrected chi connectivity index (χ0v) is 13.1. The van der Waals surface area contributed by atoms with Crippen LogP contribution in [0, 0.1) is 0 Å². The van der Waals surface area contributed by atoms with E-state index in [1.54, 1.807) is 0 Å². The lowest BCUT2D eigenvalue weighted by molar-refractivity contribution is 0.0693. The number of hydrogen-bond acceptors (Lipinski definition) is 8. The molecule has 0 radical (unpaired) electrons. The molecule has 2 aromatic rings. The first kappa shape index (κ1) is 17.1. The monoisotopic (exact) mass is 380 g/mol. The minimum absolute atomic E-state index is 0.161. The summed E-state index contributed by atoms with van der Waals surface area (Å²) < 4.78 is 31.5. The molecule has 2 rings (SSSR count). The normalized spacial score (nSPS) is 11.3. The van der Waals surface area contributed by atoms with E-state index in [1.165, 1.54) is 0 Å². The van der Waals surface area contributed by atoms with Crippen molar-refractivity contribution < 1.29 is 28.0 Å². The molecule has 0 aliphatic carbocycles. The summed E-state index contributed by atoms with van der Waals surface area (Å²) >= 11 is 11.1. The Hall–Kier alpha value is -2.21. The third-order valence-corrected chi connectivity index (χ3v) is 3.63. The molecule has 13 heteroatoms. The lowest BCUT2D eigenvalue weighted by atomic mass is 10.2. The molecular weight excluding hydrogens is 375 g/mol. The lowest BCUT2D eigenvalue weighted by Gasteiger charge is -2.10. The molecule has 122 valence electrons. The van der Waals surface area contributed by atoms with Gasteiger partial charge >= 0.3 is 5.97 Å². The second kappa shape index (κ2) is 6.12. The van der Waals surface area contributed by atoms with Gasteiger partial charge in [-0.3, -0.25) is 4.55 Å². The second-order valence-electron chi connectivity index (χ2n) is 3.97. The van der Waals surface area contributed by atoms with E-state index in [4.69, 9.17) is 32.9 Å². The number of halogens is 2. The number of carboxylic acid groups (broad SMARTS) is 1. The minimum atomic E-state index is -4.88. The van der Waals surface area contributed by atoms with Crippen LogP contribution >= 0.6 is 23.2 Å². The number of nitrogens with zero attached hydrogens (tertiary/aromatic N) is 3. The Bertz CT molecular complexity index is 884. The molecule has 0 aliphatic heterocycles. The molecule has 0 bridgehead atoms. The van der Waals surface area contributed by atoms with E-state index in [0.29, 0.717) is 0 Å². The number of hydrogen-bond donors (Lipinski definition) is 4. The van der Waals surface area contributed by atoms with Gasteiger partial charge in [0.2, 0.25) is 16.5 Å². The Morgan fingerprint density at radius 3 is 2.17 bits per heavy atom. The Balaban J connectivity index is 2.58. The highest BCUT2D eigenvalue weighted by Crippen LogP contribution is 2.31. The average Bonchev–Trinajstić information content (AvgIpc) is 2.37. The standard InChI is InChI=1S/C10H6Cl2N4O6S/c11-8-14-9(12)16-10(15-8)13-3-1-4(7(18)19)6(17)5(2-3)23(20,21)22/h1-2,17H,(H,18,19)(H,20,21,22)(H,13,14,15,16). The predicted octanol–water partition coefficient (Wildman–Crippen LogP) is 1.57. The van der Waals surface area contributed by atoms with Gasteiger partial charge in [-0.2, -0.15) is 23.4 Å². The van der Waals surface area contributed by atoms with Gasteiger partial charge in [0, 0.05) is 5.69 Å². The van der Waals surface area contributed by atoms with Crippen LogP contribution in [0.5, 0.6) is 5.75 Å². The molecule has 0 atom stereocenters. The molecule has 0 aliphatic rings. The van der Waals surface area contributed by atoms with Crippen molar-refractivity contribution in [2.45, 2.75) is 4.90 Å². The average molecular weight is 381 g/mol. The second-order valence-corrected chi connectivity index (χ2v) is 6.04. The molecule has 0 saturated carbocycles. The van der Waals surface area contributed by atoms with E-state index in [0.717, 1.165) is 12.1 Å². The lowest BCUT2D eigenvalue weighted by Crippen LogP contribution is -2.07.